The summed E-state index contributed by atoms with van der Waals surface area (Å²) in [5.74, 6) is 0. The van der Waals surface area contributed by atoms with Crippen molar-refractivity contribution in [3.63, 3.8) is 0 Å². The van der Waals surface area contributed by atoms with Crippen LogP contribution >= 0.6 is 11.6 Å². The van der Waals surface area contributed by atoms with E-state index in [1.807, 2.05) is 0 Å². The largest absolute Gasteiger partial charge is 0.237 e. The summed E-state index contributed by atoms with van der Waals surface area (Å²) in [6.07, 6.45) is 0. The molecule has 2 nitrogen and oxygen atoms in total. The first-order chi connectivity index (χ1) is 5.61. The Morgan fingerprint density at radius 1 is 1.25 bits per heavy atom. The van der Waals surface area contributed by atoms with Gasteiger partial charge in [-0.3, -0.25) is 0 Å². The molecule has 1 rings (SSSR count). The molecule has 0 radical (unpaired) electrons. The summed E-state index contributed by atoms with van der Waals surface area (Å²) in [5, 5.41) is 0.662. The maximum atomic E-state index is 11.4. The fraction of sp³-hybridized carbons (Fsp3) is 0.250. The monoisotopic (exact) mass is 203 g/mol. The second kappa shape index (κ2) is 4.03. The van der Waals surface area contributed by atoms with Crippen molar-refractivity contribution in [3.05, 3.63) is 29.3 Å². The Kier molecular flexibility index (Phi) is 3.26. The predicted octanol–water partition coefficient (Wildman–Crippen LogP) is 1.92. The van der Waals surface area contributed by atoms with Gasteiger partial charge in [0.2, 0.25) is 0 Å². The summed E-state index contributed by atoms with van der Waals surface area (Å²) in [6, 6.07) is 6.99. The van der Waals surface area contributed by atoms with Crippen LogP contribution in [0.15, 0.2) is 29.2 Å². The molecule has 0 spiro atoms. The first-order valence-corrected chi connectivity index (χ1v) is 4.94. The standard InChI is InChI=1S/C8H10ClNOS/c1-10(2)12(11)8-5-3-7(9)4-6-8/h3-6H,1-2H3. The number of hydrogen-bond donors (Lipinski definition) is 0. The maximum Gasteiger partial charge on any atom is 0.127 e. The SMILES string of the molecule is CN(C)S(=O)c1ccc(Cl)cc1. The van der Waals surface area contributed by atoms with Crippen molar-refractivity contribution in [2.24, 2.45) is 0 Å². The van der Waals surface area contributed by atoms with Crippen molar-refractivity contribution >= 4 is 22.6 Å². The number of benzene rings is 1. The van der Waals surface area contributed by atoms with Crippen LogP contribution in [0.1, 0.15) is 0 Å². The molecule has 4 heteroatoms. The van der Waals surface area contributed by atoms with Crippen LogP contribution in [0.5, 0.6) is 0 Å². The summed E-state index contributed by atoms with van der Waals surface area (Å²) in [5.41, 5.74) is 0. The molecule has 1 unspecified atom stereocenters. The van der Waals surface area contributed by atoms with Crippen molar-refractivity contribution in [2.45, 2.75) is 4.90 Å². The van der Waals surface area contributed by atoms with Crippen molar-refractivity contribution in [2.75, 3.05) is 14.1 Å². The summed E-state index contributed by atoms with van der Waals surface area (Å²) in [7, 11) is 2.47. The summed E-state index contributed by atoms with van der Waals surface area (Å²) < 4.78 is 13.1. The van der Waals surface area contributed by atoms with Gasteiger partial charge in [0.05, 0.1) is 4.90 Å². The van der Waals surface area contributed by atoms with Gasteiger partial charge in [-0.15, -0.1) is 0 Å². The molecule has 0 aliphatic carbocycles. The lowest BCUT2D eigenvalue weighted by molar-refractivity contribution is 0.603. The summed E-state index contributed by atoms with van der Waals surface area (Å²) >= 11 is 5.68. The minimum atomic E-state index is -1.07. The van der Waals surface area contributed by atoms with E-state index in [1.165, 1.54) is 0 Å². The number of nitrogens with zero attached hydrogens (tertiary/aromatic N) is 1. The van der Waals surface area contributed by atoms with Crippen LogP contribution in [0.4, 0.5) is 0 Å². The second-order valence-corrected chi connectivity index (χ2v) is 4.65. The first kappa shape index (κ1) is 9.71. The highest BCUT2D eigenvalue weighted by molar-refractivity contribution is 7.82. The Labute approximate surface area is 79.7 Å². The fourth-order valence-electron chi connectivity index (χ4n) is 0.762. The van der Waals surface area contributed by atoms with Gasteiger partial charge in [-0.2, -0.15) is 0 Å². The highest BCUT2D eigenvalue weighted by atomic mass is 35.5. The van der Waals surface area contributed by atoms with Crippen molar-refractivity contribution in [3.8, 4) is 0 Å². The molecular formula is C8H10ClNOS. The Morgan fingerprint density at radius 2 is 1.75 bits per heavy atom. The summed E-state index contributed by atoms with van der Waals surface area (Å²) in [6.45, 7) is 0. The van der Waals surface area contributed by atoms with E-state index in [2.05, 4.69) is 0 Å². The van der Waals surface area contributed by atoms with Gasteiger partial charge in [0.15, 0.2) is 0 Å². The van der Waals surface area contributed by atoms with Gasteiger partial charge in [-0.1, -0.05) is 11.6 Å². The molecule has 0 saturated heterocycles. The fourth-order valence-corrected chi connectivity index (χ4v) is 1.68. The van der Waals surface area contributed by atoms with Crippen LogP contribution in [0.3, 0.4) is 0 Å². The van der Waals surface area contributed by atoms with Crippen molar-refractivity contribution < 1.29 is 4.21 Å². The van der Waals surface area contributed by atoms with E-state index in [-0.39, 0.29) is 0 Å². The van der Waals surface area contributed by atoms with Crippen LogP contribution in [-0.4, -0.2) is 22.6 Å². The van der Waals surface area contributed by atoms with Crippen molar-refractivity contribution in [1.29, 1.82) is 0 Å². The molecule has 66 valence electrons. The van der Waals surface area contributed by atoms with Crippen LogP contribution in [-0.2, 0) is 11.0 Å². The first-order valence-electron chi connectivity index (χ1n) is 3.46. The summed E-state index contributed by atoms with van der Waals surface area (Å²) in [4.78, 5) is 0.768. The highest BCUT2D eigenvalue weighted by Gasteiger charge is 2.04. The Balaban J connectivity index is 2.90. The van der Waals surface area contributed by atoms with Gasteiger partial charge in [0.25, 0.3) is 0 Å². The zero-order valence-corrected chi connectivity index (χ0v) is 8.52. The zero-order chi connectivity index (χ0) is 9.14. The predicted molar refractivity (Wildman–Crippen MR) is 51.5 cm³/mol. The van der Waals surface area contributed by atoms with Crippen molar-refractivity contribution in [1.82, 2.24) is 4.31 Å². The average molecular weight is 204 g/mol. The van der Waals surface area contributed by atoms with Crippen LogP contribution in [0.2, 0.25) is 5.02 Å². The molecule has 1 aromatic carbocycles. The van der Waals surface area contributed by atoms with E-state index >= 15 is 0 Å². The Bertz CT molecular complexity index is 284. The second-order valence-electron chi connectivity index (χ2n) is 2.52. The van der Waals surface area contributed by atoms with E-state index in [0.29, 0.717) is 5.02 Å². The van der Waals surface area contributed by atoms with Gasteiger partial charge in [0.1, 0.15) is 11.0 Å². The Hall–Kier alpha value is -0.380. The third-order valence-corrected chi connectivity index (χ3v) is 2.94. The smallest absolute Gasteiger partial charge is 0.127 e. The maximum absolute atomic E-state index is 11.4. The van der Waals surface area contributed by atoms with E-state index in [4.69, 9.17) is 11.6 Å². The molecule has 0 amide bonds. The van der Waals surface area contributed by atoms with Gasteiger partial charge < -0.3 is 0 Å². The normalized spacial score (nSPS) is 13.3. The lowest BCUT2D eigenvalue weighted by Crippen LogP contribution is -2.14. The number of rotatable bonds is 2. The Morgan fingerprint density at radius 3 is 2.17 bits per heavy atom. The van der Waals surface area contributed by atoms with Gasteiger partial charge in [0, 0.05) is 5.02 Å². The molecule has 12 heavy (non-hydrogen) atoms. The molecule has 1 atom stereocenters. The minimum Gasteiger partial charge on any atom is -0.237 e. The van der Waals surface area contributed by atoms with E-state index < -0.39 is 11.0 Å². The number of halogens is 1. The van der Waals surface area contributed by atoms with Crippen LogP contribution in [0.25, 0.3) is 0 Å². The lowest BCUT2D eigenvalue weighted by Gasteiger charge is -2.08. The molecular weight excluding hydrogens is 194 g/mol. The molecule has 0 aliphatic rings. The molecule has 0 aromatic heterocycles. The van der Waals surface area contributed by atoms with E-state index in [1.54, 1.807) is 42.7 Å². The highest BCUT2D eigenvalue weighted by Crippen LogP contribution is 2.13. The molecule has 0 N–H and O–H groups in total. The van der Waals surface area contributed by atoms with E-state index in [0.717, 1.165) is 4.90 Å². The average Bonchev–Trinajstić information content (AvgIpc) is 2.04. The third-order valence-electron chi connectivity index (χ3n) is 1.35. The van der Waals surface area contributed by atoms with Crippen LogP contribution < -0.4 is 0 Å². The van der Waals surface area contributed by atoms with Gasteiger partial charge in [-0.25, -0.2) is 8.51 Å². The molecule has 0 saturated carbocycles. The molecule has 1 aromatic rings. The van der Waals surface area contributed by atoms with Crippen LogP contribution in [0, 0.1) is 0 Å². The van der Waals surface area contributed by atoms with Gasteiger partial charge >= 0.3 is 0 Å². The minimum absolute atomic E-state index is 0.662. The third kappa shape index (κ3) is 2.30. The number of hydrogen-bond acceptors (Lipinski definition) is 1. The molecule has 0 heterocycles. The van der Waals surface area contributed by atoms with E-state index in [9.17, 15) is 4.21 Å². The zero-order valence-electron chi connectivity index (χ0n) is 6.95. The van der Waals surface area contributed by atoms with Gasteiger partial charge in [-0.05, 0) is 38.4 Å². The topological polar surface area (TPSA) is 20.3 Å². The molecule has 0 aliphatic heterocycles. The lowest BCUT2D eigenvalue weighted by atomic mass is 10.4. The quantitative estimate of drug-likeness (QED) is 0.720. The molecule has 0 bridgehead atoms. The molecule has 0 fully saturated rings.